The second kappa shape index (κ2) is 4.53. The zero-order chi connectivity index (χ0) is 14.3. The molecule has 0 aliphatic carbocycles. The summed E-state index contributed by atoms with van der Waals surface area (Å²) in [6, 6.07) is 12.2. The van der Waals surface area contributed by atoms with Crippen LogP contribution in [0.25, 0.3) is 22.3 Å². The third-order valence-electron chi connectivity index (χ3n) is 3.40. The first kappa shape index (κ1) is 12.5. The van der Waals surface area contributed by atoms with Gasteiger partial charge in [-0.3, -0.25) is 4.79 Å². The summed E-state index contributed by atoms with van der Waals surface area (Å²) in [6.45, 7) is 3.71. The molecule has 2 aromatic carbocycles. The fourth-order valence-electron chi connectivity index (χ4n) is 2.29. The average molecular weight is 266 g/mol. The van der Waals surface area contributed by atoms with Gasteiger partial charge in [0.15, 0.2) is 5.43 Å². The highest BCUT2D eigenvalue weighted by Crippen LogP contribution is 2.27. The van der Waals surface area contributed by atoms with Crippen molar-refractivity contribution in [1.82, 2.24) is 0 Å². The molecular formula is C17H14O3. The van der Waals surface area contributed by atoms with Crippen LogP contribution in [0.3, 0.4) is 0 Å². The van der Waals surface area contributed by atoms with E-state index in [0.29, 0.717) is 22.3 Å². The highest BCUT2D eigenvalue weighted by molar-refractivity contribution is 5.81. The Morgan fingerprint density at radius 2 is 1.70 bits per heavy atom. The molecule has 3 heteroatoms. The molecule has 0 unspecified atom stereocenters. The number of aromatic hydroxyl groups is 1. The molecule has 0 atom stereocenters. The lowest BCUT2D eigenvalue weighted by molar-refractivity contribution is 0.475. The normalized spacial score (nSPS) is 10.9. The summed E-state index contributed by atoms with van der Waals surface area (Å²) in [5.74, 6) is 0.733. The van der Waals surface area contributed by atoms with E-state index in [2.05, 4.69) is 0 Å². The van der Waals surface area contributed by atoms with E-state index < -0.39 is 0 Å². The quantitative estimate of drug-likeness (QED) is 0.729. The third kappa shape index (κ3) is 1.97. The van der Waals surface area contributed by atoms with E-state index in [1.165, 1.54) is 0 Å². The van der Waals surface area contributed by atoms with E-state index in [1.807, 2.05) is 25.1 Å². The SMILES string of the molecule is Cc1ccc2oc(-c3ccc(O)cc3)c(C)c(=O)c2c1. The molecule has 0 amide bonds. The number of aryl methyl sites for hydroxylation is 1. The molecule has 3 nitrogen and oxygen atoms in total. The fraction of sp³-hybridized carbons (Fsp3) is 0.118. The molecule has 0 fully saturated rings. The van der Waals surface area contributed by atoms with Crippen LogP contribution in [0.1, 0.15) is 11.1 Å². The molecule has 1 heterocycles. The third-order valence-corrected chi connectivity index (χ3v) is 3.40. The van der Waals surface area contributed by atoms with Crippen LogP contribution in [0.4, 0.5) is 0 Å². The first-order valence-corrected chi connectivity index (χ1v) is 6.40. The number of hydrogen-bond acceptors (Lipinski definition) is 3. The molecule has 0 saturated carbocycles. The Morgan fingerprint density at radius 1 is 1.00 bits per heavy atom. The molecule has 1 aromatic heterocycles. The van der Waals surface area contributed by atoms with Crippen LogP contribution in [0.15, 0.2) is 51.7 Å². The Balaban J connectivity index is 2.32. The van der Waals surface area contributed by atoms with Gasteiger partial charge in [0.05, 0.1) is 5.39 Å². The van der Waals surface area contributed by atoms with Crippen LogP contribution in [0.5, 0.6) is 5.75 Å². The maximum Gasteiger partial charge on any atom is 0.196 e. The van der Waals surface area contributed by atoms with Crippen molar-refractivity contribution in [2.75, 3.05) is 0 Å². The zero-order valence-corrected chi connectivity index (χ0v) is 11.3. The lowest BCUT2D eigenvalue weighted by Gasteiger charge is -2.07. The van der Waals surface area contributed by atoms with Gasteiger partial charge in [-0.05, 0) is 50.2 Å². The molecule has 0 spiro atoms. The predicted octanol–water partition coefficient (Wildman–Crippen LogP) is 3.78. The van der Waals surface area contributed by atoms with Crippen LogP contribution in [-0.4, -0.2) is 5.11 Å². The standard InChI is InChI=1S/C17H14O3/c1-10-3-8-15-14(9-10)16(19)11(2)17(20-15)12-4-6-13(18)7-5-12/h3-9,18H,1-2H3. The Hall–Kier alpha value is -2.55. The Bertz CT molecular complexity index is 842. The van der Waals surface area contributed by atoms with E-state index in [-0.39, 0.29) is 11.2 Å². The van der Waals surface area contributed by atoms with Gasteiger partial charge in [0.25, 0.3) is 0 Å². The van der Waals surface area contributed by atoms with Crippen molar-refractivity contribution >= 4 is 11.0 Å². The number of benzene rings is 2. The van der Waals surface area contributed by atoms with E-state index in [1.54, 1.807) is 31.2 Å². The van der Waals surface area contributed by atoms with Gasteiger partial charge in [0, 0.05) is 11.1 Å². The Morgan fingerprint density at radius 3 is 2.40 bits per heavy atom. The number of rotatable bonds is 1. The Kier molecular flexibility index (Phi) is 2.83. The summed E-state index contributed by atoms with van der Waals surface area (Å²) in [4.78, 5) is 12.4. The number of phenolic OH excluding ortho intramolecular Hbond substituents is 1. The number of hydrogen-bond donors (Lipinski definition) is 1. The molecule has 100 valence electrons. The van der Waals surface area contributed by atoms with Gasteiger partial charge in [-0.15, -0.1) is 0 Å². The van der Waals surface area contributed by atoms with Crippen molar-refractivity contribution in [2.24, 2.45) is 0 Å². The predicted molar refractivity (Wildman–Crippen MR) is 79.1 cm³/mol. The monoisotopic (exact) mass is 266 g/mol. The topological polar surface area (TPSA) is 50.4 Å². The van der Waals surface area contributed by atoms with E-state index in [0.717, 1.165) is 11.1 Å². The van der Waals surface area contributed by atoms with Gasteiger partial charge in [-0.25, -0.2) is 0 Å². The smallest absolute Gasteiger partial charge is 0.196 e. The molecule has 20 heavy (non-hydrogen) atoms. The van der Waals surface area contributed by atoms with Gasteiger partial charge >= 0.3 is 0 Å². The van der Waals surface area contributed by atoms with Crippen LogP contribution in [0, 0.1) is 13.8 Å². The van der Waals surface area contributed by atoms with Gasteiger partial charge in [-0.1, -0.05) is 11.6 Å². The molecule has 0 bridgehead atoms. The van der Waals surface area contributed by atoms with Crippen molar-refractivity contribution in [2.45, 2.75) is 13.8 Å². The minimum absolute atomic E-state index is 0.0157. The van der Waals surface area contributed by atoms with E-state index >= 15 is 0 Å². The summed E-state index contributed by atoms with van der Waals surface area (Å²) in [5.41, 5.74) is 2.95. The molecule has 0 aliphatic heterocycles. The van der Waals surface area contributed by atoms with Gasteiger partial charge in [0.2, 0.25) is 0 Å². The fourth-order valence-corrected chi connectivity index (χ4v) is 2.29. The van der Waals surface area contributed by atoms with Crippen molar-refractivity contribution in [3.8, 4) is 17.1 Å². The van der Waals surface area contributed by atoms with Crippen molar-refractivity contribution in [1.29, 1.82) is 0 Å². The molecule has 3 aromatic rings. The van der Waals surface area contributed by atoms with Crippen LogP contribution < -0.4 is 5.43 Å². The maximum atomic E-state index is 12.4. The highest BCUT2D eigenvalue weighted by atomic mass is 16.3. The maximum absolute atomic E-state index is 12.4. The van der Waals surface area contributed by atoms with Crippen LogP contribution >= 0.6 is 0 Å². The minimum atomic E-state index is -0.0157. The van der Waals surface area contributed by atoms with E-state index in [9.17, 15) is 9.90 Å². The summed E-state index contributed by atoms with van der Waals surface area (Å²) in [7, 11) is 0. The number of fused-ring (bicyclic) bond motifs is 1. The van der Waals surface area contributed by atoms with Gasteiger partial charge in [-0.2, -0.15) is 0 Å². The molecule has 3 rings (SSSR count). The first-order chi connectivity index (χ1) is 9.56. The van der Waals surface area contributed by atoms with Crippen molar-refractivity contribution in [3.05, 3.63) is 63.8 Å². The van der Waals surface area contributed by atoms with Gasteiger partial charge < -0.3 is 9.52 Å². The summed E-state index contributed by atoms with van der Waals surface area (Å²) in [6.07, 6.45) is 0. The largest absolute Gasteiger partial charge is 0.508 e. The lowest BCUT2D eigenvalue weighted by Crippen LogP contribution is -2.07. The summed E-state index contributed by atoms with van der Waals surface area (Å²) < 4.78 is 5.87. The molecular weight excluding hydrogens is 252 g/mol. The molecule has 1 N–H and O–H groups in total. The summed E-state index contributed by atoms with van der Waals surface area (Å²) >= 11 is 0. The number of phenols is 1. The van der Waals surface area contributed by atoms with E-state index in [4.69, 9.17) is 4.42 Å². The second-order valence-corrected chi connectivity index (χ2v) is 4.93. The zero-order valence-electron chi connectivity index (χ0n) is 11.3. The van der Waals surface area contributed by atoms with Crippen LogP contribution in [0.2, 0.25) is 0 Å². The minimum Gasteiger partial charge on any atom is -0.508 e. The first-order valence-electron chi connectivity index (χ1n) is 6.40. The van der Waals surface area contributed by atoms with Gasteiger partial charge in [0.1, 0.15) is 17.1 Å². The Labute approximate surface area is 116 Å². The lowest BCUT2D eigenvalue weighted by atomic mass is 10.0. The van der Waals surface area contributed by atoms with Crippen molar-refractivity contribution < 1.29 is 9.52 Å². The highest BCUT2D eigenvalue weighted by Gasteiger charge is 2.12. The van der Waals surface area contributed by atoms with Crippen molar-refractivity contribution in [3.63, 3.8) is 0 Å². The molecule has 0 saturated heterocycles. The molecule has 0 radical (unpaired) electrons. The average Bonchev–Trinajstić information content (AvgIpc) is 2.44. The molecule has 0 aliphatic rings. The van der Waals surface area contributed by atoms with Crippen LogP contribution in [-0.2, 0) is 0 Å². The second-order valence-electron chi connectivity index (χ2n) is 4.93. The summed E-state index contributed by atoms with van der Waals surface area (Å²) in [5, 5.41) is 9.94.